The molecule has 22 heavy (non-hydrogen) atoms. The van der Waals surface area contributed by atoms with Crippen LogP contribution in [0, 0.1) is 5.92 Å². The minimum Gasteiger partial charge on any atom is -0.481 e. The van der Waals surface area contributed by atoms with Crippen LogP contribution < -0.4 is 5.32 Å². The third-order valence-electron chi connectivity index (χ3n) is 4.06. The molecule has 7 heteroatoms. The highest BCUT2D eigenvalue weighted by molar-refractivity contribution is 6.32. The van der Waals surface area contributed by atoms with Crippen LogP contribution in [0.15, 0.2) is 24.4 Å². The summed E-state index contributed by atoms with van der Waals surface area (Å²) in [5.41, 5.74) is 0.888. The van der Waals surface area contributed by atoms with Gasteiger partial charge < -0.3 is 10.4 Å². The second kappa shape index (κ2) is 5.96. The summed E-state index contributed by atoms with van der Waals surface area (Å²) >= 11 is 6.07. The first-order valence-corrected chi connectivity index (χ1v) is 7.60. The first-order valence-electron chi connectivity index (χ1n) is 7.22. The van der Waals surface area contributed by atoms with Crippen molar-refractivity contribution >= 4 is 29.1 Å². The van der Waals surface area contributed by atoms with Crippen molar-refractivity contribution < 1.29 is 14.7 Å². The van der Waals surface area contributed by atoms with Crippen LogP contribution in [0.2, 0.25) is 5.15 Å². The average molecular weight is 322 g/mol. The molecule has 1 aliphatic rings. The number of hydrogen-bond acceptors (Lipinski definition) is 3. The van der Waals surface area contributed by atoms with Crippen LogP contribution >= 0.6 is 11.6 Å². The van der Waals surface area contributed by atoms with Gasteiger partial charge in [-0.15, -0.1) is 0 Å². The van der Waals surface area contributed by atoms with Gasteiger partial charge in [-0.05, 0) is 31.4 Å². The van der Waals surface area contributed by atoms with Gasteiger partial charge >= 0.3 is 5.97 Å². The quantitative estimate of drug-likeness (QED) is 0.909. The van der Waals surface area contributed by atoms with Gasteiger partial charge in [-0.25, -0.2) is 4.98 Å². The van der Waals surface area contributed by atoms with E-state index >= 15 is 0 Å². The normalized spacial score (nSPS) is 21.7. The molecule has 0 aromatic carbocycles. The van der Waals surface area contributed by atoms with Gasteiger partial charge in [-0.3, -0.25) is 14.0 Å². The number of carbonyl (C=O) groups excluding carboxylic acids is 1. The molecule has 2 atom stereocenters. The van der Waals surface area contributed by atoms with Crippen molar-refractivity contribution in [1.82, 2.24) is 14.7 Å². The largest absolute Gasteiger partial charge is 0.481 e. The van der Waals surface area contributed by atoms with Crippen LogP contribution in [-0.2, 0) is 4.79 Å². The lowest BCUT2D eigenvalue weighted by Crippen LogP contribution is -2.40. The number of carbonyl (C=O) groups is 2. The third kappa shape index (κ3) is 2.78. The zero-order chi connectivity index (χ0) is 15.7. The van der Waals surface area contributed by atoms with Gasteiger partial charge in [-0.1, -0.05) is 24.1 Å². The lowest BCUT2D eigenvalue weighted by molar-refractivity contribution is -0.143. The van der Waals surface area contributed by atoms with Gasteiger partial charge in [0.05, 0.1) is 5.92 Å². The highest BCUT2D eigenvalue weighted by atomic mass is 35.5. The van der Waals surface area contributed by atoms with Gasteiger partial charge in [0.1, 0.15) is 5.65 Å². The average Bonchev–Trinajstić information content (AvgIpc) is 2.83. The first-order chi connectivity index (χ1) is 10.6. The topological polar surface area (TPSA) is 83.7 Å². The lowest BCUT2D eigenvalue weighted by Gasteiger charge is -2.27. The SMILES string of the molecule is O=C(N[C@H]1CCC[C@@H](C(=O)O)C1)c1c(Cl)nc2ccccn12. The van der Waals surface area contributed by atoms with Crippen LogP contribution in [0.5, 0.6) is 0 Å². The van der Waals surface area contributed by atoms with E-state index in [1.54, 1.807) is 22.7 Å². The van der Waals surface area contributed by atoms with E-state index in [-0.39, 0.29) is 22.8 Å². The molecular formula is C15H16ClN3O3. The van der Waals surface area contributed by atoms with Crippen LogP contribution in [0.25, 0.3) is 5.65 Å². The summed E-state index contributed by atoms with van der Waals surface area (Å²) in [6.45, 7) is 0. The molecule has 0 radical (unpaired) electrons. The number of aliphatic carboxylic acids is 1. The van der Waals surface area contributed by atoms with Crippen LogP contribution in [0.1, 0.15) is 36.2 Å². The number of carboxylic acids is 1. The molecule has 1 fully saturated rings. The Morgan fingerprint density at radius 1 is 1.36 bits per heavy atom. The Labute approximate surface area is 132 Å². The minimum absolute atomic E-state index is 0.146. The van der Waals surface area contributed by atoms with Crippen LogP contribution in [-0.4, -0.2) is 32.4 Å². The van der Waals surface area contributed by atoms with E-state index in [9.17, 15) is 9.59 Å². The van der Waals surface area contributed by atoms with Crippen molar-refractivity contribution in [2.24, 2.45) is 5.92 Å². The summed E-state index contributed by atoms with van der Waals surface area (Å²) in [5, 5.41) is 12.2. The zero-order valence-electron chi connectivity index (χ0n) is 11.8. The molecular weight excluding hydrogens is 306 g/mol. The predicted molar refractivity (Wildman–Crippen MR) is 81.1 cm³/mol. The van der Waals surface area contributed by atoms with Crippen molar-refractivity contribution in [3.8, 4) is 0 Å². The molecule has 0 saturated heterocycles. The van der Waals surface area contributed by atoms with Gasteiger partial charge in [0.2, 0.25) is 0 Å². The smallest absolute Gasteiger partial charge is 0.306 e. The molecule has 6 nitrogen and oxygen atoms in total. The van der Waals surface area contributed by atoms with Crippen molar-refractivity contribution in [1.29, 1.82) is 0 Å². The summed E-state index contributed by atoms with van der Waals surface area (Å²) < 4.78 is 1.63. The van der Waals surface area contributed by atoms with E-state index in [0.717, 1.165) is 12.8 Å². The molecule has 1 saturated carbocycles. The Morgan fingerprint density at radius 2 is 2.18 bits per heavy atom. The summed E-state index contributed by atoms with van der Waals surface area (Å²) in [7, 11) is 0. The van der Waals surface area contributed by atoms with Gasteiger partial charge in [-0.2, -0.15) is 0 Å². The number of halogens is 1. The molecule has 2 heterocycles. The van der Waals surface area contributed by atoms with E-state index in [1.165, 1.54) is 0 Å². The number of pyridine rings is 1. The maximum Gasteiger partial charge on any atom is 0.306 e. The number of amides is 1. The lowest BCUT2D eigenvalue weighted by atomic mass is 9.86. The molecule has 2 aromatic rings. The molecule has 0 bridgehead atoms. The van der Waals surface area contributed by atoms with E-state index < -0.39 is 11.9 Å². The molecule has 1 aliphatic carbocycles. The number of carboxylic acid groups (broad SMARTS) is 1. The van der Waals surface area contributed by atoms with Crippen molar-refractivity contribution in [3.63, 3.8) is 0 Å². The van der Waals surface area contributed by atoms with Crippen molar-refractivity contribution in [2.45, 2.75) is 31.7 Å². The summed E-state index contributed by atoms with van der Waals surface area (Å²) in [6, 6.07) is 5.23. The fourth-order valence-corrected chi connectivity index (χ4v) is 3.23. The first kappa shape index (κ1) is 14.8. The third-order valence-corrected chi connectivity index (χ3v) is 4.32. The van der Waals surface area contributed by atoms with Crippen molar-refractivity contribution in [2.75, 3.05) is 0 Å². The Balaban J connectivity index is 1.79. The molecule has 1 amide bonds. The molecule has 0 spiro atoms. The number of aromatic nitrogens is 2. The zero-order valence-corrected chi connectivity index (χ0v) is 12.6. The van der Waals surface area contributed by atoms with Gasteiger partial charge in [0.25, 0.3) is 5.91 Å². The van der Waals surface area contributed by atoms with Gasteiger partial charge in [0.15, 0.2) is 10.8 Å². The number of fused-ring (bicyclic) bond motifs is 1. The maximum absolute atomic E-state index is 12.5. The van der Waals surface area contributed by atoms with Crippen molar-refractivity contribution in [3.05, 3.63) is 35.2 Å². The predicted octanol–water partition coefficient (Wildman–Crippen LogP) is 2.36. The van der Waals surface area contributed by atoms with Gasteiger partial charge in [0, 0.05) is 12.2 Å². The maximum atomic E-state index is 12.5. The number of imidazole rings is 1. The van der Waals surface area contributed by atoms with Crippen LogP contribution in [0.3, 0.4) is 0 Å². The molecule has 2 aromatic heterocycles. The standard InChI is InChI=1S/C15H16ClN3O3/c16-13-12(19-7-2-1-6-11(19)18-13)14(20)17-10-5-3-4-9(8-10)15(21)22/h1-2,6-7,9-10H,3-5,8H2,(H,17,20)(H,21,22)/t9-,10+/m1/s1. The minimum atomic E-state index is -0.799. The number of nitrogens with zero attached hydrogens (tertiary/aromatic N) is 2. The number of rotatable bonds is 3. The number of hydrogen-bond donors (Lipinski definition) is 2. The Kier molecular flexibility index (Phi) is 4.02. The molecule has 2 N–H and O–H groups in total. The summed E-state index contributed by atoms with van der Waals surface area (Å²) in [5.74, 6) is -1.51. The second-order valence-corrected chi connectivity index (χ2v) is 5.91. The molecule has 3 rings (SSSR count). The highest BCUT2D eigenvalue weighted by Crippen LogP contribution is 2.25. The highest BCUT2D eigenvalue weighted by Gasteiger charge is 2.29. The monoisotopic (exact) mass is 321 g/mol. The fourth-order valence-electron chi connectivity index (χ4n) is 2.97. The Hall–Kier alpha value is -2.08. The second-order valence-electron chi connectivity index (χ2n) is 5.55. The van der Waals surface area contributed by atoms with E-state index in [2.05, 4.69) is 10.3 Å². The van der Waals surface area contributed by atoms with Crippen LogP contribution in [0.4, 0.5) is 0 Å². The summed E-state index contributed by atoms with van der Waals surface area (Å²) in [6.07, 6.45) is 4.42. The van der Waals surface area contributed by atoms with E-state index in [1.807, 2.05) is 6.07 Å². The Bertz CT molecular complexity index is 728. The van der Waals surface area contributed by atoms with E-state index in [4.69, 9.17) is 16.7 Å². The fraction of sp³-hybridized carbons (Fsp3) is 0.400. The molecule has 116 valence electrons. The number of nitrogens with one attached hydrogen (secondary N) is 1. The summed E-state index contributed by atoms with van der Waals surface area (Å²) in [4.78, 5) is 27.7. The molecule has 0 aliphatic heterocycles. The Morgan fingerprint density at radius 3 is 2.95 bits per heavy atom. The molecule has 0 unspecified atom stereocenters. The van der Waals surface area contributed by atoms with E-state index in [0.29, 0.717) is 18.5 Å².